The lowest BCUT2D eigenvalue weighted by atomic mass is 10.2. The van der Waals surface area contributed by atoms with Gasteiger partial charge in [-0.3, -0.25) is 0 Å². The minimum atomic E-state index is 0.723. The fourth-order valence-electron chi connectivity index (χ4n) is 0.382. The van der Waals surface area contributed by atoms with Crippen LogP contribution in [-0.4, -0.2) is 0 Å². The summed E-state index contributed by atoms with van der Waals surface area (Å²) in [6.07, 6.45) is 3.83. The van der Waals surface area contributed by atoms with Crippen LogP contribution < -0.4 is 0 Å². The first-order valence-electron chi connectivity index (χ1n) is 3.20. The highest BCUT2D eigenvalue weighted by atomic mass is 35.5. The van der Waals surface area contributed by atoms with Gasteiger partial charge in [-0.1, -0.05) is 29.8 Å². The van der Waals surface area contributed by atoms with Crippen molar-refractivity contribution in [2.45, 2.75) is 20.8 Å². The fourth-order valence-corrected chi connectivity index (χ4v) is 0.445. The Morgan fingerprint density at radius 3 is 2.00 bits per heavy atom. The minimum Gasteiger partial charge on any atom is -0.0946 e. The van der Waals surface area contributed by atoms with E-state index in [0.29, 0.717) is 0 Å². The third-order valence-electron chi connectivity index (χ3n) is 0.971. The average Bonchev–Trinajstić information content (AvgIpc) is 1.82. The van der Waals surface area contributed by atoms with Crippen LogP contribution in [0.1, 0.15) is 20.8 Å². The van der Waals surface area contributed by atoms with Crippen molar-refractivity contribution in [3.8, 4) is 0 Å². The van der Waals surface area contributed by atoms with Crippen LogP contribution in [0.15, 0.2) is 34.9 Å². The number of hydrogen-bond acceptors (Lipinski definition) is 0. The van der Waals surface area contributed by atoms with Crippen LogP contribution in [-0.2, 0) is 0 Å². The van der Waals surface area contributed by atoms with Crippen LogP contribution in [0.4, 0.5) is 0 Å². The van der Waals surface area contributed by atoms with Gasteiger partial charge in [0, 0.05) is 5.03 Å². The van der Waals surface area contributed by atoms with Crippen molar-refractivity contribution in [3.05, 3.63) is 34.9 Å². The lowest BCUT2D eigenvalue weighted by Gasteiger charge is -1.92. The first-order chi connectivity index (χ1) is 4.54. The van der Waals surface area contributed by atoms with Gasteiger partial charge in [-0.05, 0) is 32.4 Å². The summed E-state index contributed by atoms with van der Waals surface area (Å²) in [6.45, 7) is 9.64. The maximum Gasteiger partial charge on any atom is 0.0429 e. The highest BCUT2D eigenvalue weighted by molar-refractivity contribution is 6.31. The summed E-state index contributed by atoms with van der Waals surface area (Å²) >= 11 is 5.78. The van der Waals surface area contributed by atoms with E-state index in [9.17, 15) is 0 Å². The topological polar surface area (TPSA) is 0 Å². The monoisotopic (exact) mass is 156 g/mol. The van der Waals surface area contributed by atoms with Crippen molar-refractivity contribution >= 4 is 11.6 Å². The molecule has 0 aromatic rings. The molecule has 0 rings (SSSR count). The third-order valence-corrected chi connectivity index (χ3v) is 1.42. The molecule has 0 bridgehead atoms. The highest BCUT2D eigenvalue weighted by Crippen LogP contribution is 2.11. The molecule has 0 aliphatic heterocycles. The Morgan fingerprint density at radius 2 is 1.70 bits per heavy atom. The third kappa shape index (κ3) is 4.39. The van der Waals surface area contributed by atoms with E-state index in [1.165, 1.54) is 5.57 Å². The van der Waals surface area contributed by atoms with Gasteiger partial charge < -0.3 is 0 Å². The van der Waals surface area contributed by atoms with Crippen LogP contribution >= 0.6 is 11.6 Å². The van der Waals surface area contributed by atoms with Crippen molar-refractivity contribution in [1.82, 2.24) is 0 Å². The highest BCUT2D eigenvalue weighted by Gasteiger charge is 1.87. The Kier molecular flexibility index (Phi) is 4.13. The van der Waals surface area contributed by atoms with Crippen molar-refractivity contribution in [1.29, 1.82) is 0 Å². The van der Waals surface area contributed by atoms with Gasteiger partial charge in [0.15, 0.2) is 0 Å². The molecule has 0 spiro atoms. The standard InChI is InChI=1S/C9H13Cl/c1-7(2)5-6-9(10)8(3)4/h5-6H,3H2,1-2,4H3/b9-6+. The Labute approximate surface area is 67.9 Å². The minimum absolute atomic E-state index is 0.723. The summed E-state index contributed by atoms with van der Waals surface area (Å²) in [5.41, 5.74) is 2.14. The Hall–Kier alpha value is -0.490. The molecule has 0 amide bonds. The van der Waals surface area contributed by atoms with Crippen molar-refractivity contribution in [2.24, 2.45) is 0 Å². The van der Waals surface area contributed by atoms with E-state index in [-0.39, 0.29) is 0 Å². The maximum atomic E-state index is 5.78. The molecular weight excluding hydrogens is 144 g/mol. The predicted molar refractivity (Wildman–Crippen MR) is 48.2 cm³/mol. The molecule has 0 fully saturated rings. The lowest BCUT2D eigenvalue weighted by Crippen LogP contribution is -1.70. The quantitative estimate of drug-likeness (QED) is 0.536. The average molecular weight is 157 g/mol. The second kappa shape index (κ2) is 4.35. The maximum absolute atomic E-state index is 5.78. The zero-order valence-electron chi connectivity index (χ0n) is 6.74. The molecule has 56 valence electrons. The molecule has 10 heavy (non-hydrogen) atoms. The molecule has 0 nitrogen and oxygen atoms in total. The smallest absolute Gasteiger partial charge is 0.0429 e. The molecule has 0 unspecified atom stereocenters. The molecule has 0 aliphatic rings. The van der Waals surface area contributed by atoms with E-state index in [1.807, 2.05) is 32.9 Å². The number of halogens is 1. The summed E-state index contributed by atoms with van der Waals surface area (Å²) in [5, 5.41) is 0.723. The van der Waals surface area contributed by atoms with Crippen LogP contribution in [0.5, 0.6) is 0 Å². The van der Waals surface area contributed by atoms with Gasteiger partial charge in [0.25, 0.3) is 0 Å². The normalized spacial score (nSPS) is 11.0. The Balaban J connectivity index is 4.19. The van der Waals surface area contributed by atoms with E-state index >= 15 is 0 Å². The van der Waals surface area contributed by atoms with Gasteiger partial charge >= 0.3 is 0 Å². The molecule has 0 saturated heterocycles. The van der Waals surface area contributed by atoms with Crippen molar-refractivity contribution in [3.63, 3.8) is 0 Å². The zero-order chi connectivity index (χ0) is 8.15. The fraction of sp³-hybridized carbons (Fsp3) is 0.333. The molecule has 0 N–H and O–H groups in total. The van der Waals surface area contributed by atoms with Crippen LogP contribution in [0.2, 0.25) is 0 Å². The lowest BCUT2D eigenvalue weighted by molar-refractivity contribution is 1.39. The molecule has 0 aromatic carbocycles. The number of hydrogen-bond donors (Lipinski definition) is 0. The van der Waals surface area contributed by atoms with Gasteiger partial charge in [0.1, 0.15) is 0 Å². The van der Waals surface area contributed by atoms with Crippen LogP contribution in [0, 0.1) is 0 Å². The van der Waals surface area contributed by atoms with Crippen LogP contribution in [0.3, 0.4) is 0 Å². The summed E-state index contributed by atoms with van der Waals surface area (Å²) in [6, 6.07) is 0. The number of allylic oxidation sites excluding steroid dienone is 5. The summed E-state index contributed by atoms with van der Waals surface area (Å²) in [7, 11) is 0. The molecule has 0 atom stereocenters. The summed E-state index contributed by atoms with van der Waals surface area (Å²) in [5.74, 6) is 0. The molecule has 0 heterocycles. The second-order valence-electron chi connectivity index (χ2n) is 2.54. The van der Waals surface area contributed by atoms with Gasteiger partial charge in [-0.15, -0.1) is 0 Å². The Morgan fingerprint density at radius 1 is 1.20 bits per heavy atom. The molecule has 0 aliphatic carbocycles. The first-order valence-corrected chi connectivity index (χ1v) is 3.58. The molecule has 1 heteroatoms. The van der Waals surface area contributed by atoms with Gasteiger partial charge in [0.2, 0.25) is 0 Å². The molecular formula is C9H13Cl. The Bertz CT molecular complexity index is 181. The van der Waals surface area contributed by atoms with E-state index < -0.39 is 0 Å². The summed E-state index contributed by atoms with van der Waals surface area (Å²) < 4.78 is 0. The van der Waals surface area contributed by atoms with E-state index in [1.54, 1.807) is 0 Å². The molecule has 0 aromatic heterocycles. The van der Waals surface area contributed by atoms with Gasteiger partial charge in [-0.25, -0.2) is 0 Å². The van der Waals surface area contributed by atoms with E-state index in [0.717, 1.165) is 10.6 Å². The van der Waals surface area contributed by atoms with Crippen molar-refractivity contribution in [2.75, 3.05) is 0 Å². The van der Waals surface area contributed by atoms with Crippen molar-refractivity contribution < 1.29 is 0 Å². The largest absolute Gasteiger partial charge is 0.0946 e. The predicted octanol–water partition coefficient (Wildman–Crippen LogP) is 3.65. The summed E-state index contributed by atoms with van der Waals surface area (Å²) in [4.78, 5) is 0. The second-order valence-corrected chi connectivity index (χ2v) is 2.95. The zero-order valence-corrected chi connectivity index (χ0v) is 7.50. The molecule has 0 saturated carbocycles. The first kappa shape index (κ1) is 9.51. The SMILES string of the molecule is C=C(C)/C(Cl)=C\C=C(C)C. The molecule has 0 radical (unpaired) electrons. The van der Waals surface area contributed by atoms with Gasteiger partial charge in [0.05, 0.1) is 0 Å². The van der Waals surface area contributed by atoms with E-state index in [4.69, 9.17) is 11.6 Å². The van der Waals surface area contributed by atoms with E-state index in [2.05, 4.69) is 6.58 Å². The van der Waals surface area contributed by atoms with Crippen LogP contribution in [0.25, 0.3) is 0 Å². The number of rotatable bonds is 2. The van der Waals surface area contributed by atoms with Gasteiger partial charge in [-0.2, -0.15) is 0 Å².